The van der Waals surface area contributed by atoms with Crippen molar-refractivity contribution in [3.05, 3.63) is 111 Å². The molecule has 0 saturated carbocycles. The number of rotatable bonds is 4. The predicted molar refractivity (Wildman–Crippen MR) is 193 cm³/mol. The second kappa shape index (κ2) is 15.7. The highest BCUT2D eigenvalue weighted by molar-refractivity contribution is 9.10. The van der Waals surface area contributed by atoms with Gasteiger partial charge in [-0.2, -0.15) is 0 Å². The van der Waals surface area contributed by atoms with Gasteiger partial charge in [-0.05, 0) is 105 Å². The van der Waals surface area contributed by atoms with Crippen LogP contribution in [-0.4, -0.2) is 28.3 Å². The third-order valence-electron chi connectivity index (χ3n) is 8.13. The van der Waals surface area contributed by atoms with Gasteiger partial charge in [-0.25, -0.2) is 8.78 Å². The van der Waals surface area contributed by atoms with E-state index in [4.69, 9.17) is 33.9 Å². The van der Waals surface area contributed by atoms with Crippen LogP contribution in [0.3, 0.4) is 0 Å². The minimum atomic E-state index is -0.631. The Labute approximate surface area is 290 Å². The Morgan fingerprint density at radius 1 is 0.750 bits per heavy atom. The van der Waals surface area contributed by atoms with Crippen LogP contribution in [0.1, 0.15) is 78.4 Å². The summed E-state index contributed by atoms with van der Waals surface area (Å²) in [5.74, 6) is 0.335. The maximum Gasteiger partial charge on any atom is 0.497 e. The molecule has 0 aliphatic carbocycles. The van der Waals surface area contributed by atoms with E-state index in [-0.39, 0.29) is 29.3 Å². The zero-order valence-electron chi connectivity index (χ0n) is 28.4. The lowest BCUT2D eigenvalue weighted by Crippen LogP contribution is -2.41. The molecule has 1 aliphatic heterocycles. The highest BCUT2D eigenvalue weighted by Crippen LogP contribution is 2.38. The molecule has 1 fully saturated rings. The topological polar surface area (TPSA) is 105 Å². The summed E-state index contributed by atoms with van der Waals surface area (Å²) < 4.78 is 40.3. The van der Waals surface area contributed by atoms with Crippen LogP contribution in [0.4, 0.5) is 31.8 Å². The van der Waals surface area contributed by atoms with Crippen molar-refractivity contribution in [2.75, 3.05) is 11.5 Å². The summed E-state index contributed by atoms with van der Waals surface area (Å²) in [5.41, 5.74) is 15.9. The Hall–Kier alpha value is -4.36. The Balaban J connectivity index is 0.000000209. The summed E-state index contributed by atoms with van der Waals surface area (Å²) in [4.78, 5) is 14.1. The lowest BCUT2D eigenvalue weighted by atomic mass is 9.76. The van der Waals surface area contributed by atoms with Crippen LogP contribution < -0.4 is 16.9 Å². The molecule has 5 rings (SSSR count). The summed E-state index contributed by atoms with van der Waals surface area (Å²) in [6.07, 6.45) is 3.12. The van der Waals surface area contributed by atoms with E-state index in [2.05, 4.69) is 35.6 Å². The fourth-order valence-electron chi connectivity index (χ4n) is 4.76. The van der Waals surface area contributed by atoms with Crippen LogP contribution in [0.15, 0.2) is 65.4 Å². The number of pyridine rings is 2. The van der Waals surface area contributed by atoms with Crippen LogP contribution in [-0.2, 0) is 9.31 Å². The SMILES string of the molecule is CC(C)c1cc(F)cc(B2OC(C)(C)C(C)(C)O2)c1N.[C-]#[N+]c1cc(-c2cc(F)cc(C(C)C)c2N)ccn1.[C-]#[N+]c1cc(Br)ccn1. The van der Waals surface area contributed by atoms with Crippen molar-refractivity contribution < 1.29 is 18.1 Å². The second-order valence-electron chi connectivity index (χ2n) is 12.8. The molecule has 8 nitrogen and oxygen atoms in total. The van der Waals surface area contributed by atoms with E-state index >= 15 is 0 Å². The number of benzene rings is 2. The van der Waals surface area contributed by atoms with Crippen molar-refractivity contribution in [1.82, 2.24) is 9.97 Å². The normalized spacial score (nSPS) is 14.4. The second-order valence-corrected chi connectivity index (χ2v) is 13.7. The number of hydrogen-bond donors (Lipinski definition) is 2. The van der Waals surface area contributed by atoms with Crippen LogP contribution >= 0.6 is 15.9 Å². The Morgan fingerprint density at radius 2 is 1.23 bits per heavy atom. The van der Waals surface area contributed by atoms with Crippen LogP contribution in [0.5, 0.6) is 0 Å². The lowest BCUT2D eigenvalue weighted by molar-refractivity contribution is 0.00578. The number of anilines is 2. The zero-order chi connectivity index (χ0) is 36.0. The Kier molecular flexibility index (Phi) is 12.5. The molecular formula is C36H40BBrF2N6O2. The van der Waals surface area contributed by atoms with Crippen molar-refractivity contribution >= 4 is 51.5 Å². The van der Waals surface area contributed by atoms with Crippen molar-refractivity contribution in [1.29, 1.82) is 0 Å². The molecule has 3 heterocycles. The van der Waals surface area contributed by atoms with Crippen LogP contribution in [0, 0.1) is 24.8 Å². The summed E-state index contributed by atoms with van der Waals surface area (Å²) >= 11 is 3.22. The first kappa shape index (κ1) is 38.1. The fourth-order valence-corrected chi connectivity index (χ4v) is 5.08. The number of nitrogen functional groups attached to an aromatic ring is 2. The molecule has 0 radical (unpaired) electrons. The molecule has 2 aromatic heterocycles. The average molecular weight is 717 g/mol. The molecule has 48 heavy (non-hydrogen) atoms. The monoisotopic (exact) mass is 716 g/mol. The highest BCUT2D eigenvalue weighted by atomic mass is 79.9. The molecule has 1 saturated heterocycles. The van der Waals surface area contributed by atoms with Crippen LogP contribution in [0.2, 0.25) is 0 Å². The van der Waals surface area contributed by atoms with E-state index in [9.17, 15) is 8.78 Å². The molecule has 2 aromatic carbocycles. The van der Waals surface area contributed by atoms with Gasteiger partial charge in [0.2, 0.25) is 0 Å². The van der Waals surface area contributed by atoms with E-state index in [1.54, 1.807) is 30.5 Å². The predicted octanol–water partition coefficient (Wildman–Crippen LogP) is 9.37. The number of aromatic nitrogens is 2. The number of nitrogens with zero attached hydrogens (tertiary/aromatic N) is 4. The van der Waals surface area contributed by atoms with Crippen molar-refractivity contribution in [2.24, 2.45) is 0 Å². The molecule has 0 bridgehead atoms. The van der Waals surface area contributed by atoms with E-state index in [0.29, 0.717) is 33.8 Å². The third kappa shape index (κ3) is 9.16. The zero-order valence-corrected chi connectivity index (χ0v) is 30.0. The summed E-state index contributed by atoms with van der Waals surface area (Å²) in [5, 5.41) is 0. The molecular weight excluding hydrogens is 677 g/mol. The summed E-state index contributed by atoms with van der Waals surface area (Å²) in [6, 6.07) is 12.5. The number of hydrogen-bond acceptors (Lipinski definition) is 6. The molecule has 4 aromatic rings. The Bertz CT molecular complexity index is 1840. The maximum absolute atomic E-state index is 13.8. The standard InChI is InChI=1S/C15H23BFNO2.C15H14FN3.C6H3BrN2/c1-9(2)11-7-10(17)8-12(13(11)18)16-19-14(3,4)15(5,6)20-16;1-9(2)12-7-11(16)8-13(15(12)17)10-4-5-19-14(6-10)18-3;1-8-6-4-5(7)2-3-9-6/h7-9H,18H2,1-6H3;4-9H,17H2,1-2H3;2-4H. The molecule has 12 heteroatoms. The largest absolute Gasteiger partial charge is 0.497 e. The first-order valence-electron chi connectivity index (χ1n) is 15.3. The number of halogens is 3. The fraction of sp³-hybridized carbons (Fsp3) is 0.333. The highest BCUT2D eigenvalue weighted by Gasteiger charge is 2.52. The van der Waals surface area contributed by atoms with Gasteiger partial charge >= 0.3 is 7.12 Å². The van der Waals surface area contributed by atoms with Gasteiger partial charge < -0.3 is 30.5 Å². The van der Waals surface area contributed by atoms with Gasteiger partial charge in [0, 0.05) is 26.9 Å². The van der Waals surface area contributed by atoms with Gasteiger partial charge in [0.1, 0.15) is 24.0 Å². The Morgan fingerprint density at radius 3 is 1.71 bits per heavy atom. The van der Waals surface area contributed by atoms with E-state index in [0.717, 1.165) is 15.6 Å². The minimum absolute atomic E-state index is 0.136. The summed E-state index contributed by atoms with van der Waals surface area (Å²) in [6.45, 7) is 29.3. The first-order valence-corrected chi connectivity index (χ1v) is 16.1. The van der Waals surface area contributed by atoms with Crippen molar-refractivity contribution in [2.45, 2.75) is 78.4 Å². The molecule has 0 spiro atoms. The summed E-state index contributed by atoms with van der Waals surface area (Å²) in [7, 11) is -0.631. The van der Waals surface area contributed by atoms with Gasteiger partial charge in [-0.1, -0.05) is 56.8 Å². The third-order valence-corrected chi connectivity index (χ3v) is 8.62. The number of nitrogens with two attached hydrogens (primary N) is 2. The molecule has 0 amide bonds. The van der Waals surface area contributed by atoms with E-state index in [1.165, 1.54) is 30.5 Å². The van der Waals surface area contributed by atoms with Gasteiger partial charge in [-0.3, -0.25) is 0 Å². The molecule has 250 valence electrons. The smallest absolute Gasteiger partial charge is 0.399 e. The lowest BCUT2D eigenvalue weighted by Gasteiger charge is -2.32. The van der Waals surface area contributed by atoms with Gasteiger partial charge in [-0.15, -0.1) is 9.97 Å². The molecule has 0 unspecified atom stereocenters. The van der Waals surface area contributed by atoms with E-state index < -0.39 is 18.3 Å². The maximum atomic E-state index is 13.8. The minimum Gasteiger partial charge on any atom is -0.399 e. The van der Waals surface area contributed by atoms with Crippen molar-refractivity contribution in [3.8, 4) is 11.1 Å². The van der Waals surface area contributed by atoms with Gasteiger partial charge in [0.05, 0.1) is 11.2 Å². The average Bonchev–Trinajstić information content (AvgIpc) is 3.25. The van der Waals surface area contributed by atoms with E-state index in [1.807, 2.05) is 55.4 Å². The molecule has 1 aliphatic rings. The molecule has 0 atom stereocenters. The van der Waals surface area contributed by atoms with Gasteiger partial charge in [0.25, 0.3) is 11.6 Å². The molecule has 4 N–H and O–H groups in total. The first-order chi connectivity index (χ1) is 22.4. The van der Waals surface area contributed by atoms with Crippen molar-refractivity contribution in [3.63, 3.8) is 0 Å². The quantitative estimate of drug-likeness (QED) is 0.124. The van der Waals surface area contributed by atoms with Crippen LogP contribution in [0.25, 0.3) is 20.8 Å². The van der Waals surface area contributed by atoms with Gasteiger partial charge in [0.15, 0.2) is 0 Å².